The highest BCUT2D eigenvalue weighted by Crippen LogP contribution is 2.36. The molecule has 0 aliphatic rings. The van der Waals surface area contributed by atoms with E-state index in [2.05, 4.69) is 0 Å². The van der Waals surface area contributed by atoms with Crippen LogP contribution in [0.4, 0.5) is 4.39 Å². The van der Waals surface area contributed by atoms with Gasteiger partial charge < -0.3 is 18.9 Å². The highest BCUT2D eigenvalue weighted by molar-refractivity contribution is 6.32. The van der Waals surface area contributed by atoms with Gasteiger partial charge in [0.05, 0.1) is 26.4 Å². The lowest BCUT2D eigenvalue weighted by Gasteiger charge is -2.10. The second-order valence-electron chi connectivity index (χ2n) is 5.15. The van der Waals surface area contributed by atoms with Gasteiger partial charge in [-0.15, -0.1) is 0 Å². The second-order valence-corrected chi connectivity index (χ2v) is 5.56. The number of benzene rings is 2. The van der Waals surface area contributed by atoms with Crippen LogP contribution in [0.3, 0.4) is 0 Å². The molecule has 0 aromatic heterocycles. The molecule has 0 unspecified atom stereocenters. The Morgan fingerprint density at radius 3 is 2.42 bits per heavy atom. The standard InChI is InChI=1S/C19H18ClFO5/c1-23-16-6-4-13(9-15(16)21)11-26-18(22)7-5-12-8-14(20)19(25-3)17(10-12)24-2/h4-10H,11H2,1-3H3/b7-5+. The van der Waals surface area contributed by atoms with Gasteiger partial charge in [-0.3, -0.25) is 0 Å². The number of carbonyl (C=O) groups excluding carboxylic acids is 1. The van der Waals surface area contributed by atoms with Gasteiger partial charge in [-0.2, -0.15) is 0 Å². The molecule has 2 rings (SSSR count). The zero-order chi connectivity index (χ0) is 19.1. The van der Waals surface area contributed by atoms with Gasteiger partial charge in [0.25, 0.3) is 0 Å². The van der Waals surface area contributed by atoms with Crippen molar-refractivity contribution < 1.29 is 28.1 Å². The minimum atomic E-state index is -0.577. The summed E-state index contributed by atoms with van der Waals surface area (Å²) in [5, 5.41) is 0.355. The van der Waals surface area contributed by atoms with Gasteiger partial charge in [0.15, 0.2) is 23.1 Å². The van der Waals surface area contributed by atoms with Crippen molar-refractivity contribution >= 4 is 23.6 Å². The molecule has 0 bridgehead atoms. The minimum absolute atomic E-state index is 0.0588. The van der Waals surface area contributed by atoms with Crippen molar-refractivity contribution in [3.05, 3.63) is 58.4 Å². The van der Waals surface area contributed by atoms with E-state index in [1.165, 1.54) is 45.6 Å². The molecular formula is C19H18ClFO5. The minimum Gasteiger partial charge on any atom is -0.494 e. The summed E-state index contributed by atoms with van der Waals surface area (Å²) in [5.74, 6) is -0.105. The monoisotopic (exact) mass is 380 g/mol. The van der Waals surface area contributed by atoms with Gasteiger partial charge in [0, 0.05) is 6.08 Å². The average Bonchev–Trinajstić information content (AvgIpc) is 2.64. The topological polar surface area (TPSA) is 54.0 Å². The van der Waals surface area contributed by atoms with Gasteiger partial charge in [-0.1, -0.05) is 17.7 Å². The van der Waals surface area contributed by atoms with Gasteiger partial charge in [-0.25, -0.2) is 9.18 Å². The second kappa shape index (κ2) is 9.10. The zero-order valence-corrected chi connectivity index (χ0v) is 15.3. The van der Waals surface area contributed by atoms with Crippen LogP contribution in [0.1, 0.15) is 11.1 Å². The molecule has 0 aliphatic heterocycles. The van der Waals surface area contributed by atoms with E-state index in [-0.39, 0.29) is 12.4 Å². The van der Waals surface area contributed by atoms with E-state index in [9.17, 15) is 9.18 Å². The fraction of sp³-hybridized carbons (Fsp3) is 0.211. The number of esters is 1. The van der Waals surface area contributed by atoms with Gasteiger partial charge in [0.2, 0.25) is 0 Å². The van der Waals surface area contributed by atoms with Crippen LogP contribution in [0.2, 0.25) is 5.02 Å². The normalized spacial score (nSPS) is 10.7. The maximum Gasteiger partial charge on any atom is 0.331 e. The predicted octanol–water partition coefficient (Wildman–Crippen LogP) is 4.26. The van der Waals surface area contributed by atoms with Crippen LogP contribution in [-0.2, 0) is 16.1 Å². The molecule has 0 fully saturated rings. The number of methoxy groups -OCH3 is 3. The lowest BCUT2D eigenvalue weighted by molar-refractivity contribution is -0.138. The van der Waals surface area contributed by atoms with E-state index in [0.717, 1.165) is 0 Å². The molecule has 5 nitrogen and oxygen atoms in total. The van der Waals surface area contributed by atoms with E-state index < -0.39 is 11.8 Å². The van der Waals surface area contributed by atoms with Crippen LogP contribution in [0.5, 0.6) is 17.2 Å². The Morgan fingerprint density at radius 2 is 1.81 bits per heavy atom. The summed E-state index contributed by atoms with van der Waals surface area (Å²) in [6.45, 7) is -0.0588. The highest BCUT2D eigenvalue weighted by Gasteiger charge is 2.10. The maximum absolute atomic E-state index is 13.6. The Hall–Kier alpha value is -2.73. The smallest absolute Gasteiger partial charge is 0.331 e. The van der Waals surface area contributed by atoms with Crippen molar-refractivity contribution in [2.75, 3.05) is 21.3 Å². The quantitative estimate of drug-likeness (QED) is 0.530. The summed E-state index contributed by atoms with van der Waals surface area (Å²) in [5.41, 5.74) is 1.15. The van der Waals surface area contributed by atoms with Gasteiger partial charge in [0.1, 0.15) is 6.61 Å². The maximum atomic E-state index is 13.6. The van der Waals surface area contributed by atoms with E-state index >= 15 is 0 Å². The lowest BCUT2D eigenvalue weighted by Crippen LogP contribution is -2.01. The Bertz CT molecular complexity index is 820. The predicted molar refractivity (Wildman–Crippen MR) is 96.3 cm³/mol. The van der Waals surface area contributed by atoms with E-state index in [1.54, 1.807) is 18.2 Å². The molecule has 0 radical (unpaired) electrons. The highest BCUT2D eigenvalue weighted by atomic mass is 35.5. The molecule has 2 aromatic rings. The van der Waals surface area contributed by atoms with Crippen molar-refractivity contribution in [3.8, 4) is 17.2 Å². The van der Waals surface area contributed by atoms with Crippen LogP contribution in [0.15, 0.2) is 36.4 Å². The third-order valence-electron chi connectivity index (χ3n) is 3.47. The molecule has 0 N–H and O–H groups in total. The molecule has 0 atom stereocenters. The number of rotatable bonds is 7. The summed E-state index contributed by atoms with van der Waals surface area (Å²) in [4.78, 5) is 11.8. The van der Waals surface area contributed by atoms with Crippen molar-refractivity contribution in [2.24, 2.45) is 0 Å². The molecule has 2 aromatic carbocycles. The van der Waals surface area contributed by atoms with E-state index in [1.807, 2.05) is 0 Å². The molecule has 138 valence electrons. The van der Waals surface area contributed by atoms with Crippen molar-refractivity contribution in [1.29, 1.82) is 0 Å². The summed E-state index contributed by atoms with van der Waals surface area (Å²) in [6.07, 6.45) is 2.78. The third kappa shape index (κ3) is 4.89. The number of carbonyl (C=O) groups is 1. The van der Waals surface area contributed by atoms with Crippen LogP contribution >= 0.6 is 11.6 Å². The van der Waals surface area contributed by atoms with E-state index in [0.29, 0.717) is 27.6 Å². The Balaban J connectivity index is 2.01. The molecule has 7 heteroatoms. The number of ether oxygens (including phenoxy) is 4. The van der Waals surface area contributed by atoms with Crippen molar-refractivity contribution in [3.63, 3.8) is 0 Å². The van der Waals surface area contributed by atoms with Crippen molar-refractivity contribution in [1.82, 2.24) is 0 Å². The lowest BCUT2D eigenvalue weighted by atomic mass is 10.2. The summed E-state index contributed by atoms with van der Waals surface area (Å²) in [7, 11) is 4.35. The first-order chi connectivity index (χ1) is 12.5. The van der Waals surface area contributed by atoms with Crippen LogP contribution in [-0.4, -0.2) is 27.3 Å². The Kier molecular flexibility index (Phi) is 6.86. The molecule has 0 spiro atoms. The van der Waals surface area contributed by atoms with Gasteiger partial charge in [-0.05, 0) is 41.5 Å². The molecule has 0 heterocycles. The zero-order valence-electron chi connectivity index (χ0n) is 14.5. The largest absolute Gasteiger partial charge is 0.494 e. The SMILES string of the molecule is COc1ccc(COC(=O)/C=C/c2cc(Cl)c(OC)c(OC)c2)cc1F. The van der Waals surface area contributed by atoms with Crippen LogP contribution in [0.25, 0.3) is 6.08 Å². The van der Waals surface area contributed by atoms with Crippen LogP contribution < -0.4 is 14.2 Å². The summed E-state index contributed by atoms with van der Waals surface area (Å²) < 4.78 is 33.9. The molecule has 0 saturated carbocycles. The number of hydrogen-bond donors (Lipinski definition) is 0. The molecule has 0 amide bonds. The number of halogens is 2. The van der Waals surface area contributed by atoms with Gasteiger partial charge >= 0.3 is 5.97 Å². The average molecular weight is 381 g/mol. The summed E-state index contributed by atoms with van der Waals surface area (Å²) in [6, 6.07) is 7.65. The molecule has 0 saturated heterocycles. The Labute approximate surface area is 155 Å². The first-order valence-electron chi connectivity index (χ1n) is 7.57. The molecule has 0 aliphatic carbocycles. The fourth-order valence-corrected chi connectivity index (χ4v) is 2.50. The van der Waals surface area contributed by atoms with E-state index in [4.69, 9.17) is 30.5 Å². The first kappa shape index (κ1) is 19.6. The third-order valence-corrected chi connectivity index (χ3v) is 3.75. The van der Waals surface area contributed by atoms with Crippen molar-refractivity contribution in [2.45, 2.75) is 6.61 Å². The molecular weight excluding hydrogens is 363 g/mol. The molecule has 26 heavy (non-hydrogen) atoms. The summed E-state index contributed by atoms with van der Waals surface area (Å²) >= 11 is 6.11. The number of hydrogen-bond acceptors (Lipinski definition) is 5. The Morgan fingerprint density at radius 1 is 1.08 bits per heavy atom. The van der Waals surface area contributed by atoms with Crippen LogP contribution in [0, 0.1) is 5.82 Å². The fourth-order valence-electron chi connectivity index (χ4n) is 2.20. The first-order valence-corrected chi connectivity index (χ1v) is 7.95.